The third kappa shape index (κ3) is 3.79. The highest BCUT2D eigenvalue weighted by molar-refractivity contribution is 9.10. The molecule has 2 aromatic rings. The standard InChI is InChI=1S/C14H11BrFNO2/c15-11-7-4-8-12(16)13(11)17-14(18)19-9-10-5-2-1-3-6-10/h1-8H,9H2,(H,17,18). The fourth-order valence-electron chi connectivity index (χ4n) is 1.48. The first-order valence-electron chi connectivity index (χ1n) is 5.58. The molecule has 5 heteroatoms. The maximum Gasteiger partial charge on any atom is 0.412 e. The van der Waals surface area contributed by atoms with Gasteiger partial charge in [-0.3, -0.25) is 5.32 Å². The molecule has 0 aliphatic rings. The summed E-state index contributed by atoms with van der Waals surface area (Å²) in [6.07, 6.45) is -0.699. The van der Waals surface area contributed by atoms with Crippen LogP contribution in [0.4, 0.5) is 14.9 Å². The SMILES string of the molecule is O=C(Nc1c(F)cccc1Br)OCc1ccccc1. The average Bonchev–Trinajstić information content (AvgIpc) is 2.42. The third-order valence-electron chi connectivity index (χ3n) is 2.40. The van der Waals surface area contributed by atoms with E-state index in [4.69, 9.17) is 4.74 Å². The minimum absolute atomic E-state index is 0.0700. The summed E-state index contributed by atoms with van der Waals surface area (Å²) in [5.74, 6) is -0.522. The van der Waals surface area contributed by atoms with E-state index >= 15 is 0 Å². The highest BCUT2D eigenvalue weighted by Gasteiger charge is 2.11. The molecule has 0 unspecified atom stereocenters. The van der Waals surface area contributed by atoms with E-state index in [0.29, 0.717) is 4.47 Å². The highest BCUT2D eigenvalue weighted by atomic mass is 79.9. The predicted octanol–water partition coefficient (Wildman–Crippen LogP) is 4.34. The van der Waals surface area contributed by atoms with Crippen LogP contribution in [0.1, 0.15) is 5.56 Å². The lowest BCUT2D eigenvalue weighted by Crippen LogP contribution is -2.14. The van der Waals surface area contributed by atoms with Crippen LogP contribution < -0.4 is 5.32 Å². The summed E-state index contributed by atoms with van der Waals surface area (Å²) >= 11 is 3.16. The zero-order chi connectivity index (χ0) is 13.7. The van der Waals surface area contributed by atoms with Crippen LogP contribution in [-0.2, 0) is 11.3 Å². The molecule has 0 saturated heterocycles. The summed E-state index contributed by atoms with van der Waals surface area (Å²) < 4.78 is 18.9. The lowest BCUT2D eigenvalue weighted by atomic mass is 10.2. The molecule has 3 nitrogen and oxygen atoms in total. The van der Waals surface area contributed by atoms with E-state index in [0.717, 1.165) is 5.56 Å². The number of carbonyl (C=O) groups is 1. The molecule has 1 amide bonds. The zero-order valence-electron chi connectivity index (χ0n) is 9.90. The van der Waals surface area contributed by atoms with Gasteiger partial charge in [-0.1, -0.05) is 36.4 Å². The summed E-state index contributed by atoms with van der Waals surface area (Å²) in [6.45, 7) is 0.138. The van der Waals surface area contributed by atoms with Crippen molar-refractivity contribution >= 4 is 27.7 Å². The second-order valence-corrected chi connectivity index (χ2v) is 4.64. The molecule has 2 rings (SSSR count). The molecule has 0 aromatic heterocycles. The number of rotatable bonds is 3. The summed E-state index contributed by atoms with van der Waals surface area (Å²) in [5, 5.41) is 2.37. The first-order valence-corrected chi connectivity index (χ1v) is 6.38. The van der Waals surface area contributed by atoms with E-state index in [1.165, 1.54) is 6.07 Å². The van der Waals surface area contributed by atoms with Crippen LogP contribution in [0.5, 0.6) is 0 Å². The van der Waals surface area contributed by atoms with E-state index in [1.54, 1.807) is 12.1 Å². The second kappa shape index (κ2) is 6.33. The van der Waals surface area contributed by atoms with Crippen molar-refractivity contribution in [3.63, 3.8) is 0 Å². The highest BCUT2D eigenvalue weighted by Crippen LogP contribution is 2.25. The Balaban J connectivity index is 1.95. The second-order valence-electron chi connectivity index (χ2n) is 3.78. The smallest absolute Gasteiger partial charge is 0.412 e. The van der Waals surface area contributed by atoms with Crippen molar-refractivity contribution < 1.29 is 13.9 Å². The molecule has 0 saturated carbocycles. The summed E-state index contributed by atoms with van der Waals surface area (Å²) in [4.78, 5) is 11.6. The van der Waals surface area contributed by atoms with Crippen molar-refractivity contribution in [2.45, 2.75) is 6.61 Å². The Labute approximate surface area is 118 Å². The third-order valence-corrected chi connectivity index (χ3v) is 3.06. The number of hydrogen-bond acceptors (Lipinski definition) is 2. The average molecular weight is 324 g/mol. The number of para-hydroxylation sites is 1. The van der Waals surface area contributed by atoms with Crippen LogP contribution in [0.25, 0.3) is 0 Å². The molecule has 0 fully saturated rings. The van der Waals surface area contributed by atoms with Gasteiger partial charge in [0.05, 0.1) is 5.69 Å². The van der Waals surface area contributed by atoms with Gasteiger partial charge in [-0.15, -0.1) is 0 Å². The number of nitrogens with one attached hydrogen (secondary N) is 1. The summed E-state index contributed by atoms with van der Waals surface area (Å²) in [7, 11) is 0. The molecule has 0 bridgehead atoms. The Morgan fingerprint density at radius 3 is 2.58 bits per heavy atom. The maximum atomic E-state index is 13.5. The van der Waals surface area contributed by atoms with Crippen LogP contribution in [-0.4, -0.2) is 6.09 Å². The van der Waals surface area contributed by atoms with Gasteiger partial charge in [0.15, 0.2) is 0 Å². The molecular formula is C14H11BrFNO2. The van der Waals surface area contributed by atoms with Gasteiger partial charge >= 0.3 is 6.09 Å². The quantitative estimate of drug-likeness (QED) is 0.912. The Morgan fingerprint density at radius 2 is 1.89 bits per heavy atom. The molecule has 0 aliphatic carbocycles. The van der Waals surface area contributed by atoms with Gasteiger partial charge in [0.1, 0.15) is 12.4 Å². The largest absolute Gasteiger partial charge is 0.444 e. The fraction of sp³-hybridized carbons (Fsp3) is 0.0714. The van der Waals surface area contributed by atoms with Crippen molar-refractivity contribution in [3.8, 4) is 0 Å². The van der Waals surface area contributed by atoms with E-state index in [9.17, 15) is 9.18 Å². The van der Waals surface area contributed by atoms with Crippen molar-refractivity contribution in [2.24, 2.45) is 0 Å². The summed E-state index contributed by atoms with van der Waals surface area (Å²) in [5.41, 5.74) is 0.936. The molecule has 19 heavy (non-hydrogen) atoms. The lowest BCUT2D eigenvalue weighted by Gasteiger charge is -2.09. The molecule has 0 heterocycles. The van der Waals surface area contributed by atoms with Gasteiger partial charge in [0.2, 0.25) is 0 Å². The Kier molecular flexibility index (Phi) is 4.52. The van der Waals surface area contributed by atoms with Crippen molar-refractivity contribution in [1.82, 2.24) is 0 Å². The van der Waals surface area contributed by atoms with E-state index in [2.05, 4.69) is 21.2 Å². The van der Waals surface area contributed by atoms with Gasteiger partial charge in [-0.25, -0.2) is 9.18 Å². The van der Waals surface area contributed by atoms with Gasteiger partial charge < -0.3 is 4.74 Å². The number of amides is 1. The Hall–Kier alpha value is -1.88. The van der Waals surface area contributed by atoms with Gasteiger partial charge in [-0.05, 0) is 33.6 Å². The molecule has 0 radical (unpaired) electrons. The van der Waals surface area contributed by atoms with Crippen LogP contribution in [0.15, 0.2) is 53.0 Å². The lowest BCUT2D eigenvalue weighted by molar-refractivity contribution is 0.155. The van der Waals surface area contributed by atoms with Crippen LogP contribution >= 0.6 is 15.9 Å². The summed E-state index contributed by atoms with van der Waals surface area (Å²) in [6, 6.07) is 13.7. The zero-order valence-corrected chi connectivity index (χ0v) is 11.5. The normalized spacial score (nSPS) is 10.0. The molecular weight excluding hydrogens is 313 g/mol. The molecule has 0 aliphatic heterocycles. The van der Waals surface area contributed by atoms with E-state index in [-0.39, 0.29) is 12.3 Å². The number of benzene rings is 2. The van der Waals surface area contributed by atoms with Crippen LogP contribution in [0, 0.1) is 5.82 Å². The van der Waals surface area contributed by atoms with E-state index < -0.39 is 11.9 Å². The molecule has 0 atom stereocenters. The molecule has 0 spiro atoms. The molecule has 2 aromatic carbocycles. The number of anilines is 1. The number of carbonyl (C=O) groups excluding carboxylic acids is 1. The van der Waals surface area contributed by atoms with Gasteiger partial charge in [0, 0.05) is 4.47 Å². The minimum atomic E-state index is -0.699. The van der Waals surface area contributed by atoms with E-state index in [1.807, 2.05) is 30.3 Å². The van der Waals surface area contributed by atoms with Crippen LogP contribution in [0.3, 0.4) is 0 Å². The van der Waals surface area contributed by atoms with Crippen molar-refractivity contribution in [1.29, 1.82) is 0 Å². The first kappa shape index (κ1) is 13.5. The van der Waals surface area contributed by atoms with Crippen molar-refractivity contribution in [2.75, 3.05) is 5.32 Å². The van der Waals surface area contributed by atoms with Gasteiger partial charge in [-0.2, -0.15) is 0 Å². The Morgan fingerprint density at radius 1 is 1.16 bits per heavy atom. The van der Waals surface area contributed by atoms with Crippen molar-refractivity contribution in [3.05, 3.63) is 64.4 Å². The fourth-order valence-corrected chi connectivity index (χ4v) is 1.92. The minimum Gasteiger partial charge on any atom is -0.444 e. The molecule has 1 N–H and O–H groups in total. The number of ether oxygens (including phenoxy) is 1. The van der Waals surface area contributed by atoms with Gasteiger partial charge in [0.25, 0.3) is 0 Å². The number of halogens is 2. The molecule has 98 valence electrons. The monoisotopic (exact) mass is 323 g/mol. The van der Waals surface area contributed by atoms with Crippen LogP contribution in [0.2, 0.25) is 0 Å². The first-order chi connectivity index (χ1) is 9.16. The predicted molar refractivity (Wildman–Crippen MR) is 74.3 cm³/mol. The Bertz CT molecular complexity index is 555. The number of hydrogen-bond donors (Lipinski definition) is 1. The topological polar surface area (TPSA) is 38.3 Å². The maximum absolute atomic E-state index is 13.5.